The summed E-state index contributed by atoms with van der Waals surface area (Å²) in [6, 6.07) is 15.7. The SMILES string of the molecule is N#Cc1ccc(N2C(=O)C(=O)/C(=C(\O)c3ccncc3)C2c2ccccn2)cc1. The van der Waals surface area contributed by atoms with Gasteiger partial charge in [0, 0.05) is 29.8 Å². The number of hydrogen-bond donors (Lipinski definition) is 1. The largest absolute Gasteiger partial charge is 0.507 e. The van der Waals surface area contributed by atoms with Crippen molar-refractivity contribution in [2.24, 2.45) is 0 Å². The van der Waals surface area contributed by atoms with Crippen LogP contribution in [0.15, 0.2) is 78.8 Å². The van der Waals surface area contributed by atoms with Crippen LogP contribution in [-0.4, -0.2) is 26.8 Å². The lowest BCUT2D eigenvalue weighted by molar-refractivity contribution is -0.132. The number of aliphatic hydroxyl groups is 1. The highest BCUT2D eigenvalue weighted by Crippen LogP contribution is 2.41. The zero-order valence-corrected chi connectivity index (χ0v) is 15.1. The number of pyridine rings is 2. The fourth-order valence-corrected chi connectivity index (χ4v) is 3.28. The summed E-state index contributed by atoms with van der Waals surface area (Å²) in [5.41, 5.74) is 1.61. The maximum atomic E-state index is 12.9. The van der Waals surface area contributed by atoms with E-state index in [0.717, 1.165) is 0 Å². The monoisotopic (exact) mass is 382 g/mol. The maximum Gasteiger partial charge on any atom is 0.300 e. The Hall–Kier alpha value is -4.31. The predicted molar refractivity (Wildman–Crippen MR) is 104 cm³/mol. The molecule has 1 aliphatic rings. The highest BCUT2D eigenvalue weighted by molar-refractivity contribution is 6.51. The first-order valence-electron chi connectivity index (χ1n) is 8.74. The average molecular weight is 382 g/mol. The second-order valence-corrected chi connectivity index (χ2v) is 6.32. The van der Waals surface area contributed by atoms with Gasteiger partial charge in [0.1, 0.15) is 11.8 Å². The van der Waals surface area contributed by atoms with Gasteiger partial charge in [-0.2, -0.15) is 5.26 Å². The summed E-state index contributed by atoms with van der Waals surface area (Å²) in [6.45, 7) is 0. The molecule has 7 heteroatoms. The summed E-state index contributed by atoms with van der Waals surface area (Å²) in [6.07, 6.45) is 4.53. The van der Waals surface area contributed by atoms with Crippen molar-refractivity contribution in [3.63, 3.8) is 0 Å². The van der Waals surface area contributed by atoms with Crippen molar-refractivity contribution in [3.8, 4) is 6.07 Å². The number of carbonyl (C=O) groups excluding carboxylic acids is 2. The number of aliphatic hydroxyl groups excluding tert-OH is 1. The summed E-state index contributed by atoms with van der Waals surface area (Å²) >= 11 is 0. The van der Waals surface area contributed by atoms with Crippen molar-refractivity contribution in [1.82, 2.24) is 9.97 Å². The lowest BCUT2D eigenvalue weighted by Gasteiger charge is -2.24. The molecule has 1 N–H and O–H groups in total. The molecule has 1 fully saturated rings. The fourth-order valence-electron chi connectivity index (χ4n) is 3.28. The molecule has 140 valence electrons. The minimum Gasteiger partial charge on any atom is -0.507 e. The number of amides is 1. The summed E-state index contributed by atoms with van der Waals surface area (Å²) in [7, 11) is 0. The van der Waals surface area contributed by atoms with Crippen molar-refractivity contribution in [3.05, 3.63) is 95.6 Å². The van der Waals surface area contributed by atoms with E-state index in [-0.39, 0.29) is 11.3 Å². The molecule has 29 heavy (non-hydrogen) atoms. The Bertz CT molecular complexity index is 1150. The quantitative estimate of drug-likeness (QED) is 0.424. The molecule has 1 atom stereocenters. The van der Waals surface area contributed by atoms with Gasteiger partial charge in [0.15, 0.2) is 0 Å². The van der Waals surface area contributed by atoms with Crippen LogP contribution >= 0.6 is 0 Å². The van der Waals surface area contributed by atoms with E-state index in [2.05, 4.69) is 9.97 Å². The Morgan fingerprint density at radius 3 is 2.34 bits per heavy atom. The highest BCUT2D eigenvalue weighted by atomic mass is 16.3. The number of hydrogen-bond acceptors (Lipinski definition) is 6. The normalized spacial score (nSPS) is 17.9. The molecule has 1 aliphatic heterocycles. The molecule has 1 aromatic carbocycles. The fraction of sp³-hybridized carbons (Fsp3) is 0.0455. The number of aromatic nitrogens is 2. The van der Waals surface area contributed by atoms with Crippen LogP contribution in [0, 0.1) is 11.3 Å². The van der Waals surface area contributed by atoms with E-state index >= 15 is 0 Å². The first kappa shape index (κ1) is 18.1. The molecule has 7 nitrogen and oxygen atoms in total. The number of nitrogens with zero attached hydrogens (tertiary/aromatic N) is 4. The van der Waals surface area contributed by atoms with Gasteiger partial charge in [0.05, 0.1) is 22.9 Å². The van der Waals surface area contributed by atoms with Crippen LogP contribution in [0.1, 0.15) is 22.9 Å². The van der Waals surface area contributed by atoms with Gasteiger partial charge in [0.2, 0.25) is 0 Å². The zero-order valence-electron chi connectivity index (χ0n) is 15.1. The number of nitriles is 1. The smallest absolute Gasteiger partial charge is 0.300 e. The molecule has 1 saturated heterocycles. The lowest BCUT2D eigenvalue weighted by atomic mass is 9.98. The molecule has 1 unspecified atom stereocenters. The summed E-state index contributed by atoms with van der Waals surface area (Å²) < 4.78 is 0. The van der Waals surface area contributed by atoms with Gasteiger partial charge >= 0.3 is 0 Å². The van der Waals surface area contributed by atoms with Gasteiger partial charge in [-0.3, -0.25) is 24.5 Å². The molecule has 3 aromatic rings. The molecule has 0 saturated carbocycles. The molecular weight excluding hydrogens is 368 g/mol. The second-order valence-electron chi connectivity index (χ2n) is 6.32. The number of benzene rings is 1. The topological polar surface area (TPSA) is 107 Å². The molecule has 4 rings (SSSR count). The summed E-state index contributed by atoms with van der Waals surface area (Å²) in [4.78, 5) is 35.3. The Labute approximate surface area is 166 Å². The number of ketones is 1. The molecule has 2 aromatic heterocycles. The first-order valence-corrected chi connectivity index (χ1v) is 8.74. The van der Waals surface area contributed by atoms with E-state index in [1.54, 1.807) is 60.8 Å². The van der Waals surface area contributed by atoms with Crippen LogP contribution in [0.2, 0.25) is 0 Å². The Balaban J connectivity index is 1.93. The van der Waals surface area contributed by atoms with Gasteiger partial charge in [-0.25, -0.2) is 0 Å². The summed E-state index contributed by atoms with van der Waals surface area (Å²) in [5.74, 6) is -1.88. The Kier molecular flexibility index (Phi) is 4.59. The Morgan fingerprint density at radius 2 is 1.72 bits per heavy atom. The van der Waals surface area contributed by atoms with Crippen molar-refractivity contribution >= 4 is 23.1 Å². The Morgan fingerprint density at radius 1 is 1.00 bits per heavy atom. The van der Waals surface area contributed by atoms with Gasteiger partial charge in [-0.05, 0) is 48.5 Å². The van der Waals surface area contributed by atoms with E-state index < -0.39 is 17.7 Å². The zero-order chi connectivity index (χ0) is 20.4. The van der Waals surface area contributed by atoms with Gasteiger partial charge in [-0.1, -0.05) is 6.07 Å². The van der Waals surface area contributed by atoms with Crippen molar-refractivity contribution in [2.45, 2.75) is 6.04 Å². The third-order valence-electron chi connectivity index (χ3n) is 4.64. The highest BCUT2D eigenvalue weighted by Gasteiger charge is 2.47. The number of carbonyl (C=O) groups is 2. The van der Waals surface area contributed by atoms with E-state index in [1.807, 2.05) is 6.07 Å². The molecule has 1 amide bonds. The van der Waals surface area contributed by atoms with E-state index in [4.69, 9.17) is 5.26 Å². The van der Waals surface area contributed by atoms with Gasteiger partial charge < -0.3 is 5.11 Å². The minimum absolute atomic E-state index is 0.0516. The lowest BCUT2D eigenvalue weighted by Crippen LogP contribution is -2.29. The van der Waals surface area contributed by atoms with Crippen molar-refractivity contribution < 1.29 is 14.7 Å². The van der Waals surface area contributed by atoms with Gasteiger partial charge in [0.25, 0.3) is 11.7 Å². The van der Waals surface area contributed by atoms with Gasteiger partial charge in [-0.15, -0.1) is 0 Å². The van der Waals surface area contributed by atoms with Crippen molar-refractivity contribution in [1.29, 1.82) is 5.26 Å². The van der Waals surface area contributed by atoms with E-state index in [0.29, 0.717) is 22.5 Å². The first-order chi connectivity index (χ1) is 14.1. The average Bonchev–Trinajstić information content (AvgIpc) is 3.05. The van der Waals surface area contributed by atoms with Crippen LogP contribution in [-0.2, 0) is 9.59 Å². The molecular formula is C22H14N4O3. The van der Waals surface area contributed by atoms with Crippen LogP contribution in [0.3, 0.4) is 0 Å². The van der Waals surface area contributed by atoms with Crippen molar-refractivity contribution in [2.75, 3.05) is 4.90 Å². The maximum absolute atomic E-state index is 12.9. The van der Waals surface area contributed by atoms with E-state index in [1.165, 1.54) is 17.3 Å². The number of Topliss-reactive ketones (excluding diaryl/α,β-unsaturated/α-hetero) is 1. The van der Waals surface area contributed by atoms with Crippen LogP contribution in [0.25, 0.3) is 5.76 Å². The van der Waals surface area contributed by atoms with E-state index in [9.17, 15) is 14.7 Å². The van der Waals surface area contributed by atoms with Crippen LogP contribution in [0.4, 0.5) is 5.69 Å². The minimum atomic E-state index is -0.905. The summed E-state index contributed by atoms with van der Waals surface area (Å²) in [5, 5.41) is 19.9. The molecule has 3 heterocycles. The number of rotatable bonds is 3. The van der Waals surface area contributed by atoms with Crippen LogP contribution < -0.4 is 4.90 Å². The third-order valence-corrected chi connectivity index (χ3v) is 4.64. The standard InChI is InChI=1S/C22H14N4O3/c23-13-14-4-6-16(7-5-14)26-19(17-3-1-2-10-25-17)18(21(28)22(26)29)20(27)15-8-11-24-12-9-15/h1-12,19,27H/b20-18-. The van der Waals surface area contributed by atoms with Crippen LogP contribution in [0.5, 0.6) is 0 Å². The number of anilines is 1. The molecule has 0 spiro atoms. The molecule has 0 bridgehead atoms. The third kappa shape index (κ3) is 3.13. The predicted octanol–water partition coefficient (Wildman–Crippen LogP) is 2.97. The molecule has 0 aliphatic carbocycles. The molecule has 0 radical (unpaired) electrons. The second kappa shape index (κ2) is 7.37.